The van der Waals surface area contributed by atoms with Crippen LogP contribution in [0, 0.1) is 11.3 Å². The van der Waals surface area contributed by atoms with E-state index in [9.17, 15) is 10.1 Å². The zero-order valence-electron chi connectivity index (χ0n) is 23.2. The monoisotopic (exact) mass is 559 g/mol. The third-order valence-electron chi connectivity index (χ3n) is 7.53. The van der Waals surface area contributed by atoms with Gasteiger partial charge in [-0.25, -0.2) is 4.98 Å². The van der Waals surface area contributed by atoms with E-state index in [-0.39, 0.29) is 28.9 Å². The minimum atomic E-state index is -0.398. The summed E-state index contributed by atoms with van der Waals surface area (Å²) in [5, 5.41) is 10.4. The molecule has 0 bridgehead atoms. The van der Waals surface area contributed by atoms with Gasteiger partial charge >= 0.3 is 0 Å². The fourth-order valence-corrected chi connectivity index (χ4v) is 5.72. The van der Waals surface area contributed by atoms with E-state index >= 15 is 0 Å². The summed E-state index contributed by atoms with van der Waals surface area (Å²) in [6.07, 6.45) is 4.80. The number of pyridine rings is 1. The highest BCUT2D eigenvalue weighted by Crippen LogP contribution is 2.41. The topological polar surface area (TPSA) is 162 Å². The minimum absolute atomic E-state index is 0.0114. The van der Waals surface area contributed by atoms with Crippen molar-refractivity contribution >= 4 is 28.5 Å². The molecule has 210 valence electrons. The number of benzene rings is 2. The lowest BCUT2D eigenvalue weighted by Crippen LogP contribution is -2.36. The van der Waals surface area contributed by atoms with Crippen molar-refractivity contribution in [1.82, 2.24) is 24.5 Å². The molecule has 1 aliphatic heterocycles. The molecule has 6 rings (SSSR count). The molecule has 0 amide bonds. The molecular formula is C31H29N9O2. The predicted octanol–water partition coefficient (Wildman–Crippen LogP) is 4.40. The number of nitrogen functional groups attached to an aromatic ring is 2. The molecule has 42 heavy (non-hydrogen) atoms. The van der Waals surface area contributed by atoms with Crippen molar-refractivity contribution in [3.8, 4) is 28.6 Å². The Morgan fingerprint density at radius 1 is 1.05 bits per heavy atom. The molecule has 4 heterocycles. The quantitative estimate of drug-likeness (QED) is 0.305. The summed E-state index contributed by atoms with van der Waals surface area (Å²) in [7, 11) is 0. The summed E-state index contributed by atoms with van der Waals surface area (Å²) in [6, 6.07) is 18.6. The van der Waals surface area contributed by atoms with Crippen LogP contribution in [0.5, 0.6) is 5.75 Å². The molecule has 2 atom stereocenters. The molecule has 3 aromatic heterocycles. The van der Waals surface area contributed by atoms with Gasteiger partial charge in [0.1, 0.15) is 29.0 Å². The summed E-state index contributed by atoms with van der Waals surface area (Å²) in [5.74, 6) is 1.46. The Morgan fingerprint density at radius 3 is 2.62 bits per heavy atom. The van der Waals surface area contributed by atoms with Gasteiger partial charge in [-0.05, 0) is 56.5 Å². The van der Waals surface area contributed by atoms with Gasteiger partial charge in [0, 0.05) is 17.8 Å². The van der Waals surface area contributed by atoms with Crippen LogP contribution in [-0.2, 0) is 0 Å². The summed E-state index contributed by atoms with van der Waals surface area (Å²) in [5.41, 5.74) is 14.7. The Kier molecular flexibility index (Phi) is 6.88. The first kappa shape index (κ1) is 26.7. The van der Waals surface area contributed by atoms with E-state index in [0.717, 1.165) is 12.0 Å². The fourth-order valence-electron chi connectivity index (χ4n) is 5.72. The second-order valence-electron chi connectivity index (χ2n) is 10.1. The standard InChI is InChI=1S/C31H29N9O2/c1-3-42-21-14-19(16-35-17-21)22-10-7-11-24-26(22)30(41)40(20-8-5-4-6-9-20)29(36-24)25-13-12-18(2)39(25)28-23(15-32)27(33)37-31(34)38-28/h4-11,14,16-18,25H,3,12-13H2,1-2H3,(H4,33,34,37,38)/t18-,25-/m0/s1. The number of aromatic nitrogens is 5. The predicted molar refractivity (Wildman–Crippen MR) is 161 cm³/mol. The Bertz CT molecular complexity index is 1900. The lowest BCUT2D eigenvalue weighted by molar-refractivity contribution is 0.339. The number of fused-ring (bicyclic) bond motifs is 1. The van der Waals surface area contributed by atoms with Crippen LogP contribution in [0.15, 0.2) is 71.8 Å². The SMILES string of the molecule is CCOc1cncc(-c2cccc3nc([C@@H]4CC[C@H](C)N4c4nc(N)nc(N)c4C#N)n(-c4ccccc4)c(=O)c23)c1. The normalized spacial score (nSPS) is 16.5. The first-order valence-corrected chi connectivity index (χ1v) is 13.7. The van der Waals surface area contributed by atoms with E-state index in [1.165, 1.54) is 0 Å². The molecular weight excluding hydrogens is 530 g/mol. The van der Waals surface area contributed by atoms with E-state index in [1.54, 1.807) is 17.0 Å². The molecule has 0 unspecified atom stereocenters. The number of nitrogens with two attached hydrogens (primary N) is 2. The van der Waals surface area contributed by atoms with E-state index in [0.29, 0.717) is 52.6 Å². The smallest absolute Gasteiger partial charge is 0.266 e. The highest BCUT2D eigenvalue weighted by Gasteiger charge is 2.38. The average Bonchev–Trinajstić information content (AvgIpc) is 3.38. The molecule has 1 fully saturated rings. The first-order valence-electron chi connectivity index (χ1n) is 13.7. The molecule has 0 saturated carbocycles. The Hall–Kier alpha value is -5.50. The van der Waals surface area contributed by atoms with Crippen molar-refractivity contribution in [3.63, 3.8) is 0 Å². The van der Waals surface area contributed by atoms with Gasteiger partial charge in [-0.1, -0.05) is 30.3 Å². The van der Waals surface area contributed by atoms with Gasteiger partial charge in [0.05, 0.1) is 35.4 Å². The van der Waals surface area contributed by atoms with Crippen molar-refractivity contribution < 1.29 is 4.74 Å². The van der Waals surface area contributed by atoms with Crippen LogP contribution in [0.2, 0.25) is 0 Å². The largest absolute Gasteiger partial charge is 0.492 e. The summed E-state index contributed by atoms with van der Waals surface area (Å²) in [4.78, 5) is 34.5. The van der Waals surface area contributed by atoms with Gasteiger partial charge in [-0.15, -0.1) is 0 Å². The highest BCUT2D eigenvalue weighted by molar-refractivity contribution is 5.94. The van der Waals surface area contributed by atoms with Crippen molar-refractivity contribution in [1.29, 1.82) is 5.26 Å². The lowest BCUT2D eigenvalue weighted by Gasteiger charge is -2.31. The molecule has 11 heteroatoms. The van der Waals surface area contributed by atoms with Gasteiger partial charge in [0.25, 0.3) is 5.56 Å². The van der Waals surface area contributed by atoms with Crippen molar-refractivity contribution in [2.75, 3.05) is 23.0 Å². The number of nitriles is 1. The summed E-state index contributed by atoms with van der Waals surface area (Å²) in [6.45, 7) is 4.45. The van der Waals surface area contributed by atoms with Gasteiger partial charge in [0.15, 0.2) is 5.82 Å². The van der Waals surface area contributed by atoms with Gasteiger partial charge in [-0.2, -0.15) is 15.2 Å². The molecule has 1 saturated heterocycles. The molecule has 11 nitrogen and oxygen atoms in total. The average molecular weight is 560 g/mol. The maximum atomic E-state index is 14.6. The second-order valence-corrected chi connectivity index (χ2v) is 10.1. The fraction of sp³-hybridized carbons (Fsp3) is 0.226. The van der Waals surface area contributed by atoms with Crippen LogP contribution in [0.3, 0.4) is 0 Å². The van der Waals surface area contributed by atoms with Gasteiger partial charge < -0.3 is 21.1 Å². The number of anilines is 3. The van der Waals surface area contributed by atoms with Crippen molar-refractivity contribution in [2.45, 2.75) is 38.8 Å². The molecule has 2 aromatic carbocycles. The highest BCUT2D eigenvalue weighted by atomic mass is 16.5. The van der Waals surface area contributed by atoms with Crippen LogP contribution in [0.4, 0.5) is 17.6 Å². The lowest BCUT2D eigenvalue weighted by atomic mass is 10.0. The molecule has 1 aliphatic rings. The number of para-hydroxylation sites is 1. The maximum absolute atomic E-state index is 14.6. The maximum Gasteiger partial charge on any atom is 0.266 e. The number of rotatable bonds is 6. The van der Waals surface area contributed by atoms with Crippen LogP contribution in [0.1, 0.15) is 44.1 Å². The molecule has 0 aliphatic carbocycles. The van der Waals surface area contributed by atoms with Crippen LogP contribution < -0.4 is 26.7 Å². The van der Waals surface area contributed by atoms with Gasteiger partial charge in [-0.3, -0.25) is 14.3 Å². The molecule has 5 aromatic rings. The Morgan fingerprint density at radius 2 is 1.86 bits per heavy atom. The number of ether oxygens (including phenoxy) is 1. The van der Waals surface area contributed by atoms with E-state index in [4.69, 9.17) is 21.2 Å². The summed E-state index contributed by atoms with van der Waals surface area (Å²) < 4.78 is 7.33. The Balaban J connectivity index is 1.62. The number of hydrogen-bond acceptors (Lipinski definition) is 10. The minimum Gasteiger partial charge on any atom is -0.492 e. The molecule has 0 radical (unpaired) electrons. The van der Waals surface area contributed by atoms with E-state index in [1.807, 2.05) is 73.3 Å². The van der Waals surface area contributed by atoms with Crippen LogP contribution >= 0.6 is 0 Å². The van der Waals surface area contributed by atoms with E-state index < -0.39 is 6.04 Å². The third-order valence-corrected chi connectivity index (χ3v) is 7.53. The zero-order chi connectivity index (χ0) is 29.4. The van der Waals surface area contributed by atoms with Crippen LogP contribution in [0.25, 0.3) is 27.7 Å². The van der Waals surface area contributed by atoms with Crippen molar-refractivity contribution in [3.05, 3.63) is 88.7 Å². The third kappa shape index (κ3) is 4.53. The van der Waals surface area contributed by atoms with Gasteiger partial charge in [0.2, 0.25) is 5.95 Å². The second kappa shape index (κ2) is 10.8. The van der Waals surface area contributed by atoms with E-state index in [2.05, 4.69) is 21.0 Å². The summed E-state index contributed by atoms with van der Waals surface area (Å²) >= 11 is 0. The van der Waals surface area contributed by atoms with Crippen LogP contribution in [-0.4, -0.2) is 37.2 Å². The zero-order valence-corrected chi connectivity index (χ0v) is 23.2. The number of hydrogen-bond donors (Lipinski definition) is 2. The first-order chi connectivity index (χ1) is 20.4. The molecule has 0 spiro atoms. The Labute approximate surface area is 242 Å². The number of nitrogens with zero attached hydrogens (tertiary/aromatic N) is 7. The molecule has 4 N–H and O–H groups in total. The van der Waals surface area contributed by atoms with Crippen molar-refractivity contribution in [2.24, 2.45) is 0 Å².